The van der Waals surface area contributed by atoms with Gasteiger partial charge in [-0.25, -0.2) is 9.18 Å². The number of carbonyl (C=O) groups is 1. The summed E-state index contributed by atoms with van der Waals surface area (Å²) in [6.07, 6.45) is 3.37. The van der Waals surface area contributed by atoms with Crippen LogP contribution in [0.15, 0.2) is 48.5 Å². The number of piperidine rings is 1. The van der Waals surface area contributed by atoms with Gasteiger partial charge in [-0.2, -0.15) is 5.26 Å². The monoisotopic (exact) mass is 463 g/mol. The smallest absolute Gasteiger partial charge is 0.317 e. The molecule has 2 aliphatic rings. The highest BCUT2D eigenvalue weighted by Gasteiger charge is 2.28. The van der Waals surface area contributed by atoms with Gasteiger partial charge in [-0.3, -0.25) is 4.90 Å². The maximum atomic E-state index is 13.8. The molecular weight excluding hydrogens is 429 g/mol. The van der Waals surface area contributed by atoms with Gasteiger partial charge in [0.2, 0.25) is 0 Å². The molecule has 6 nitrogen and oxygen atoms in total. The van der Waals surface area contributed by atoms with Gasteiger partial charge in [0.05, 0.1) is 11.6 Å². The zero-order valence-corrected chi connectivity index (χ0v) is 19.9. The van der Waals surface area contributed by atoms with Gasteiger partial charge in [-0.15, -0.1) is 0 Å². The SMILES string of the molecule is CC1CN(c2cc(F)cc(C#N)c2)CCN1C(=O)NCCC1CCN(Cc2ccccc2)CC1. The fraction of sp³-hybridized carbons (Fsp3) is 0.481. The molecule has 1 N–H and O–H groups in total. The molecule has 7 heteroatoms. The van der Waals surface area contributed by atoms with Crippen LogP contribution >= 0.6 is 0 Å². The number of carbonyl (C=O) groups excluding carboxylic acids is 1. The summed E-state index contributed by atoms with van der Waals surface area (Å²) in [4.78, 5) is 19.2. The van der Waals surface area contributed by atoms with Crippen LogP contribution in [0.1, 0.15) is 37.3 Å². The quantitative estimate of drug-likeness (QED) is 0.697. The summed E-state index contributed by atoms with van der Waals surface area (Å²) in [5.41, 5.74) is 2.38. The lowest BCUT2D eigenvalue weighted by Crippen LogP contribution is -2.56. The molecule has 4 rings (SSSR count). The minimum absolute atomic E-state index is 0.00350. The van der Waals surface area contributed by atoms with E-state index in [0.29, 0.717) is 43.3 Å². The Hall–Kier alpha value is -3.11. The zero-order valence-electron chi connectivity index (χ0n) is 19.9. The maximum Gasteiger partial charge on any atom is 0.317 e. The molecule has 2 aromatic carbocycles. The maximum absolute atomic E-state index is 13.8. The Morgan fingerprint density at radius 2 is 1.88 bits per heavy atom. The molecule has 0 bridgehead atoms. The van der Waals surface area contributed by atoms with E-state index in [0.717, 1.165) is 26.1 Å². The van der Waals surface area contributed by atoms with Gasteiger partial charge in [0.15, 0.2) is 0 Å². The van der Waals surface area contributed by atoms with E-state index in [1.165, 1.54) is 30.5 Å². The van der Waals surface area contributed by atoms with Gasteiger partial charge in [0.1, 0.15) is 5.82 Å². The second kappa shape index (κ2) is 11.3. The van der Waals surface area contributed by atoms with Gasteiger partial charge in [-0.1, -0.05) is 30.3 Å². The minimum atomic E-state index is -0.409. The number of halogens is 1. The average Bonchev–Trinajstić information content (AvgIpc) is 2.85. The van der Waals surface area contributed by atoms with E-state index in [-0.39, 0.29) is 12.1 Å². The molecule has 0 radical (unpaired) electrons. The molecular formula is C27H34FN5O. The lowest BCUT2D eigenvalue weighted by molar-refractivity contribution is 0.162. The van der Waals surface area contributed by atoms with E-state index in [2.05, 4.69) is 40.5 Å². The summed E-state index contributed by atoms with van der Waals surface area (Å²) in [5, 5.41) is 12.2. The van der Waals surface area contributed by atoms with E-state index < -0.39 is 5.82 Å². The van der Waals surface area contributed by atoms with Gasteiger partial charge in [-0.05, 0) is 69.0 Å². The molecule has 0 aliphatic carbocycles. The van der Waals surface area contributed by atoms with Crippen LogP contribution < -0.4 is 10.2 Å². The number of rotatable bonds is 6. The summed E-state index contributed by atoms with van der Waals surface area (Å²) >= 11 is 0. The first-order valence-electron chi connectivity index (χ1n) is 12.3. The zero-order chi connectivity index (χ0) is 23.9. The van der Waals surface area contributed by atoms with Crippen molar-refractivity contribution in [1.29, 1.82) is 5.26 Å². The number of piperazine rings is 1. The lowest BCUT2D eigenvalue weighted by atomic mass is 9.93. The van der Waals surface area contributed by atoms with Gasteiger partial charge < -0.3 is 15.1 Å². The number of nitriles is 1. The number of likely N-dealkylation sites (tertiary alicyclic amines) is 1. The second-order valence-corrected chi connectivity index (χ2v) is 9.52. The van der Waals surface area contributed by atoms with Crippen LogP contribution in [0.2, 0.25) is 0 Å². The molecule has 0 spiro atoms. The Kier molecular flexibility index (Phi) is 8.02. The highest BCUT2D eigenvalue weighted by Crippen LogP contribution is 2.23. The predicted molar refractivity (Wildman–Crippen MR) is 132 cm³/mol. The predicted octanol–water partition coefficient (Wildman–Crippen LogP) is 4.22. The number of amides is 2. The number of anilines is 1. The highest BCUT2D eigenvalue weighted by molar-refractivity contribution is 5.75. The van der Waals surface area contributed by atoms with Crippen LogP contribution in [-0.4, -0.2) is 61.1 Å². The van der Waals surface area contributed by atoms with Crippen molar-refractivity contribution in [3.8, 4) is 6.07 Å². The fourth-order valence-electron chi connectivity index (χ4n) is 5.07. The molecule has 2 amide bonds. The summed E-state index contributed by atoms with van der Waals surface area (Å²) in [7, 11) is 0. The van der Waals surface area contributed by atoms with Crippen LogP contribution in [-0.2, 0) is 6.54 Å². The summed E-state index contributed by atoms with van der Waals surface area (Å²) in [6, 6.07) is 17.0. The van der Waals surface area contributed by atoms with Gasteiger partial charge in [0.25, 0.3) is 0 Å². The van der Waals surface area contributed by atoms with Crippen molar-refractivity contribution in [2.45, 2.75) is 38.8 Å². The molecule has 2 aromatic rings. The van der Waals surface area contributed by atoms with Crippen LogP contribution in [0.25, 0.3) is 0 Å². The average molecular weight is 464 g/mol. The summed E-state index contributed by atoms with van der Waals surface area (Å²) in [6.45, 7) is 7.75. The number of hydrogen-bond donors (Lipinski definition) is 1. The third kappa shape index (κ3) is 6.27. The van der Waals surface area contributed by atoms with Crippen molar-refractivity contribution in [2.24, 2.45) is 5.92 Å². The molecule has 180 valence electrons. The van der Waals surface area contributed by atoms with Crippen molar-refractivity contribution in [1.82, 2.24) is 15.1 Å². The van der Waals surface area contributed by atoms with Crippen LogP contribution in [0, 0.1) is 23.1 Å². The Morgan fingerprint density at radius 1 is 1.12 bits per heavy atom. The standard InChI is InChI=1S/C27H34FN5O/c1-21-19-32(26-16-24(18-29)15-25(28)17-26)13-14-33(21)27(34)30-10-7-22-8-11-31(12-9-22)20-23-5-3-2-4-6-23/h2-6,15-17,21-22H,7-14,19-20H2,1H3,(H,30,34). The summed E-state index contributed by atoms with van der Waals surface area (Å²) < 4.78 is 13.8. The van der Waals surface area contributed by atoms with Gasteiger partial charge in [0, 0.05) is 44.5 Å². The van der Waals surface area contributed by atoms with Crippen molar-refractivity contribution in [3.05, 3.63) is 65.5 Å². The fourth-order valence-corrected chi connectivity index (χ4v) is 5.07. The Bertz CT molecular complexity index is 1000. The molecule has 1 atom stereocenters. The summed E-state index contributed by atoms with van der Waals surface area (Å²) in [5.74, 6) is 0.247. The van der Waals surface area contributed by atoms with Crippen LogP contribution in [0.5, 0.6) is 0 Å². The van der Waals surface area contributed by atoms with Crippen molar-refractivity contribution >= 4 is 11.7 Å². The largest absolute Gasteiger partial charge is 0.368 e. The minimum Gasteiger partial charge on any atom is -0.368 e. The number of hydrogen-bond acceptors (Lipinski definition) is 4. The van der Waals surface area contributed by atoms with E-state index in [1.807, 2.05) is 22.8 Å². The molecule has 2 fully saturated rings. The normalized spacial score (nSPS) is 19.6. The Morgan fingerprint density at radius 3 is 2.59 bits per heavy atom. The first-order chi connectivity index (χ1) is 16.5. The first kappa shape index (κ1) is 24.0. The number of urea groups is 1. The Balaban J connectivity index is 1.17. The molecule has 2 saturated heterocycles. The van der Waals surface area contributed by atoms with Crippen molar-refractivity contribution in [2.75, 3.05) is 44.2 Å². The van der Waals surface area contributed by atoms with E-state index >= 15 is 0 Å². The third-order valence-corrected chi connectivity index (χ3v) is 7.05. The molecule has 0 saturated carbocycles. The molecule has 1 unspecified atom stereocenters. The Labute approximate surface area is 201 Å². The molecule has 2 aliphatic heterocycles. The van der Waals surface area contributed by atoms with Crippen molar-refractivity contribution in [3.63, 3.8) is 0 Å². The topological polar surface area (TPSA) is 62.6 Å². The van der Waals surface area contributed by atoms with Crippen LogP contribution in [0.4, 0.5) is 14.9 Å². The number of nitrogens with one attached hydrogen (secondary N) is 1. The first-order valence-corrected chi connectivity index (χ1v) is 12.3. The highest BCUT2D eigenvalue weighted by atomic mass is 19.1. The van der Waals surface area contributed by atoms with E-state index in [4.69, 9.17) is 5.26 Å². The molecule has 0 aromatic heterocycles. The second-order valence-electron chi connectivity index (χ2n) is 9.52. The number of benzene rings is 2. The number of nitrogens with zero attached hydrogens (tertiary/aromatic N) is 4. The third-order valence-electron chi connectivity index (χ3n) is 7.05. The molecule has 2 heterocycles. The lowest BCUT2D eigenvalue weighted by Gasteiger charge is -2.41. The van der Waals surface area contributed by atoms with E-state index in [1.54, 1.807) is 6.07 Å². The van der Waals surface area contributed by atoms with Crippen LogP contribution in [0.3, 0.4) is 0 Å². The van der Waals surface area contributed by atoms with Crippen molar-refractivity contribution < 1.29 is 9.18 Å². The van der Waals surface area contributed by atoms with E-state index in [9.17, 15) is 9.18 Å². The van der Waals surface area contributed by atoms with Gasteiger partial charge >= 0.3 is 6.03 Å². The molecule has 34 heavy (non-hydrogen) atoms.